The summed E-state index contributed by atoms with van der Waals surface area (Å²) in [6.45, 7) is 4.08. The largest absolute Gasteiger partial charge is 0.505 e. The van der Waals surface area contributed by atoms with Crippen molar-refractivity contribution in [2.45, 2.75) is 33.0 Å². The van der Waals surface area contributed by atoms with E-state index in [0.29, 0.717) is 12.7 Å². The number of phenolic OH excluding ortho intramolecular Hbond substituents is 1. The van der Waals surface area contributed by atoms with Gasteiger partial charge in [-0.15, -0.1) is 5.10 Å². The zero-order valence-corrected chi connectivity index (χ0v) is 16.9. The Kier molecular flexibility index (Phi) is 7.63. The van der Waals surface area contributed by atoms with Gasteiger partial charge in [0, 0.05) is 19.2 Å². The first-order chi connectivity index (χ1) is 15.0. The topological polar surface area (TPSA) is 90.9 Å². The highest BCUT2D eigenvalue weighted by Crippen LogP contribution is 2.14. The molecule has 8 nitrogen and oxygen atoms in total. The van der Waals surface area contributed by atoms with Crippen molar-refractivity contribution in [1.82, 2.24) is 29.8 Å². The molecule has 2 aromatic carbocycles. The molecule has 0 saturated carbocycles. The number of aryl methyl sites for hydroxylation is 3. The zero-order valence-electron chi connectivity index (χ0n) is 16.9. The van der Waals surface area contributed by atoms with Crippen LogP contribution in [0.15, 0.2) is 61.3 Å². The highest BCUT2D eigenvalue weighted by Gasteiger charge is 2.03. The smallest absolute Gasteiger partial charge is 0.167 e. The normalized spacial score (nSPS) is 10.4. The van der Waals surface area contributed by atoms with Gasteiger partial charge in [-0.25, -0.2) is 13.8 Å². The van der Waals surface area contributed by atoms with Gasteiger partial charge in [0.25, 0.3) is 0 Å². The van der Waals surface area contributed by atoms with E-state index in [1.807, 2.05) is 35.1 Å². The first kappa shape index (κ1) is 21.9. The maximum atomic E-state index is 12.1. The summed E-state index contributed by atoms with van der Waals surface area (Å²) in [5, 5.41) is 20.8. The molecule has 4 rings (SSSR count). The molecule has 10 heteroatoms. The molecule has 0 radical (unpaired) electrons. The van der Waals surface area contributed by atoms with Crippen LogP contribution in [0.4, 0.5) is 8.78 Å². The first-order valence-electron chi connectivity index (χ1n) is 9.54. The highest BCUT2D eigenvalue weighted by molar-refractivity contribution is 5.26. The third kappa shape index (κ3) is 7.18. The fraction of sp³-hybridized carbons (Fsp3) is 0.238. The van der Waals surface area contributed by atoms with E-state index in [1.165, 1.54) is 11.9 Å². The van der Waals surface area contributed by atoms with Gasteiger partial charge in [0.2, 0.25) is 0 Å². The standard InChI is InChI=1S/C15H18N6O.C6H4F2O/c1-13-3-5-15(6-4-13)22-10-14-9-20(19-18-14)7-2-8-21-12-16-11-17-21;7-4-1-2-6(9)5(8)3-4/h3-6,9,11-12H,2,7-8,10H2,1H3;1-3,9H. The summed E-state index contributed by atoms with van der Waals surface area (Å²) >= 11 is 0. The van der Waals surface area contributed by atoms with Crippen molar-refractivity contribution in [1.29, 1.82) is 0 Å². The minimum atomic E-state index is -0.935. The Morgan fingerprint density at radius 3 is 2.48 bits per heavy atom. The number of phenols is 1. The van der Waals surface area contributed by atoms with Crippen LogP contribution in [0.5, 0.6) is 11.5 Å². The first-order valence-corrected chi connectivity index (χ1v) is 9.54. The summed E-state index contributed by atoms with van der Waals surface area (Å²) in [5.41, 5.74) is 2.03. The SMILES string of the molecule is Cc1ccc(OCc2cn(CCCn3cncn3)nn2)cc1.Oc1ccc(F)cc1F. The molecule has 0 fully saturated rings. The van der Waals surface area contributed by atoms with Crippen LogP contribution in [0.2, 0.25) is 0 Å². The minimum Gasteiger partial charge on any atom is -0.505 e. The molecule has 0 spiro atoms. The third-order valence-corrected chi connectivity index (χ3v) is 4.14. The molecule has 0 amide bonds. The Labute approximate surface area is 177 Å². The second kappa shape index (κ2) is 10.8. The number of hydrogen-bond donors (Lipinski definition) is 1. The summed E-state index contributed by atoms with van der Waals surface area (Å²) in [5.74, 6) is -1.32. The average molecular weight is 428 g/mol. The lowest BCUT2D eigenvalue weighted by Crippen LogP contribution is -2.05. The quantitative estimate of drug-likeness (QED) is 0.484. The Morgan fingerprint density at radius 2 is 1.81 bits per heavy atom. The number of halogens is 2. The molecular weight excluding hydrogens is 406 g/mol. The van der Waals surface area contributed by atoms with Gasteiger partial charge in [0.1, 0.15) is 36.5 Å². The molecule has 31 heavy (non-hydrogen) atoms. The number of nitrogens with zero attached hydrogens (tertiary/aromatic N) is 6. The van der Waals surface area contributed by atoms with Gasteiger partial charge in [-0.05, 0) is 37.6 Å². The molecular formula is C21H22F2N6O2. The van der Waals surface area contributed by atoms with E-state index in [9.17, 15) is 8.78 Å². The number of benzene rings is 2. The molecule has 2 heterocycles. The Morgan fingerprint density at radius 1 is 1.03 bits per heavy atom. The second-order valence-corrected chi connectivity index (χ2v) is 6.68. The Balaban J connectivity index is 0.000000254. The van der Waals surface area contributed by atoms with Crippen LogP contribution in [0.25, 0.3) is 0 Å². The predicted octanol–water partition coefficient (Wildman–Crippen LogP) is 3.52. The van der Waals surface area contributed by atoms with Crippen LogP contribution in [0.1, 0.15) is 17.7 Å². The summed E-state index contributed by atoms with van der Waals surface area (Å²) < 4.78 is 33.4. The molecule has 0 saturated heterocycles. The van der Waals surface area contributed by atoms with Crippen molar-refractivity contribution in [2.24, 2.45) is 0 Å². The maximum Gasteiger partial charge on any atom is 0.167 e. The van der Waals surface area contributed by atoms with Crippen molar-refractivity contribution in [2.75, 3.05) is 0 Å². The number of hydrogen-bond acceptors (Lipinski definition) is 6. The molecule has 4 aromatic rings. The Hall–Kier alpha value is -3.82. The molecule has 0 unspecified atom stereocenters. The maximum absolute atomic E-state index is 12.1. The molecule has 0 aliphatic heterocycles. The van der Waals surface area contributed by atoms with Gasteiger partial charge in [-0.2, -0.15) is 5.10 Å². The van der Waals surface area contributed by atoms with E-state index < -0.39 is 17.4 Å². The van der Waals surface area contributed by atoms with E-state index in [1.54, 1.807) is 11.0 Å². The zero-order chi connectivity index (χ0) is 22.1. The van der Waals surface area contributed by atoms with Crippen LogP contribution in [0.3, 0.4) is 0 Å². The fourth-order valence-electron chi connectivity index (χ4n) is 2.53. The summed E-state index contributed by atoms with van der Waals surface area (Å²) in [7, 11) is 0. The van der Waals surface area contributed by atoms with Crippen LogP contribution in [-0.2, 0) is 19.7 Å². The van der Waals surface area contributed by atoms with Crippen LogP contribution >= 0.6 is 0 Å². The van der Waals surface area contributed by atoms with E-state index in [0.717, 1.165) is 43.1 Å². The van der Waals surface area contributed by atoms with Gasteiger partial charge >= 0.3 is 0 Å². The third-order valence-electron chi connectivity index (χ3n) is 4.14. The number of rotatable bonds is 7. The van der Waals surface area contributed by atoms with Crippen molar-refractivity contribution in [3.63, 3.8) is 0 Å². The minimum absolute atomic E-state index is 0.423. The molecule has 0 aliphatic rings. The van der Waals surface area contributed by atoms with E-state index in [2.05, 4.69) is 27.3 Å². The summed E-state index contributed by atoms with van der Waals surface area (Å²) in [6.07, 6.45) is 6.08. The number of aromatic nitrogens is 6. The highest BCUT2D eigenvalue weighted by atomic mass is 19.1. The second-order valence-electron chi connectivity index (χ2n) is 6.68. The fourth-order valence-corrected chi connectivity index (χ4v) is 2.53. The molecule has 2 aromatic heterocycles. The van der Waals surface area contributed by atoms with Gasteiger partial charge in [0.15, 0.2) is 11.6 Å². The molecule has 1 N–H and O–H groups in total. The van der Waals surface area contributed by atoms with E-state index in [4.69, 9.17) is 9.84 Å². The van der Waals surface area contributed by atoms with Crippen molar-refractivity contribution in [3.8, 4) is 11.5 Å². The summed E-state index contributed by atoms with van der Waals surface area (Å²) in [6, 6.07) is 10.5. The van der Waals surface area contributed by atoms with Crippen LogP contribution < -0.4 is 4.74 Å². The van der Waals surface area contributed by atoms with E-state index >= 15 is 0 Å². The molecule has 0 bridgehead atoms. The van der Waals surface area contributed by atoms with Crippen molar-refractivity contribution >= 4 is 0 Å². The monoisotopic (exact) mass is 428 g/mol. The molecule has 0 aliphatic carbocycles. The number of aromatic hydroxyl groups is 1. The van der Waals surface area contributed by atoms with Crippen molar-refractivity contribution in [3.05, 3.63) is 84.2 Å². The lowest BCUT2D eigenvalue weighted by atomic mass is 10.2. The van der Waals surface area contributed by atoms with Crippen LogP contribution in [0, 0.1) is 18.6 Å². The van der Waals surface area contributed by atoms with Gasteiger partial charge < -0.3 is 9.84 Å². The van der Waals surface area contributed by atoms with Crippen LogP contribution in [-0.4, -0.2) is 34.9 Å². The average Bonchev–Trinajstić information content (AvgIpc) is 3.43. The summed E-state index contributed by atoms with van der Waals surface area (Å²) in [4.78, 5) is 3.91. The van der Waals surface area contributed by atoms with Gasteiger partial charge in [0.05, 0.1) is 6.20 Å². The van der Waals surface area contributed by atoms with E-state index in [-0.39, 0.29) is 0 Å². The lowest BCUT2D eigenvalue weighted by Gasteiger charge is -2.03. The lowest BCUT2D eigenvalue weighted by molar-refractivity contribution is 0.301. The molecule has 162 valence electrons. The van der Waals surface area contributed by atoms with Gasteiger partial charge in [-0.3, -0.25) is 9.36 Å². The Bertz CT molecular complexity index is 1070. The number of ether oxygens (including phenoxy) is 1. The predicted molar refractivity (Wildman–Crippen MR) is 108 cm³/mol. The molecule has 0 atom stereocenters. The van der Waals surface area contributed by atoms with Gasteiger partial charge in [-0.1, -0.05) is 22.9 Å². The van der Waals surface area contributed by atoms with Crippen molar-refractivity contribution < 1.29 is 18.6 Å².